The number of halogens is 1. The van der Waals surface area contributed by atoms with E-state index in [1.807, 2.05) is 13.8 Å². The van der Waals surface area contributed by atoms with Gasteiger partial charge in [0.15, 0.2) is 5.78 Å². The van der Waals surface area contributed by atoms with E-state index in [9.17, 15) is 4.79 Å². The van der Waals surface area contributed by atoms with E-state index >= 15 is 0 Å². The minimum atomic E-state index is -0.425. The summed E-state index contributed by atoms with van der Waals surface area (Å²) in [6.07, 6.45) is 0.701. The average molecular weight is 232 g/mol. The summed E-state index contributed by atoms with van der Waals surface area (Å²) in [5.41, 5.74) is 5.78. The molecular formula is C10H14ClNOS. The van der Waals surface area contributed by atoms with E-state index in [2.05, 4.69) is 0 Å². The van der Waals surface area contributed by atoms with Crippen LogP contribution in [0.25, 0.3) is 0 Å². The normalized spacial score (nSPS) is 13.2. The van der Waals surface area contributed by atoms with Crippen molar-refractivity contribution in [2.24, 2.45) is 11.7 Å². The number of thiophene rings is 1. The van der Waals surface area contributed by atoms with Gasteiger partial charge in [-0.15, -0.1) is 11.3 Å². The highest BCUT2D eigenvalue weighted by atomic mass is 35.5. The molecule has 0 amide bonds. The quantitative estimate of drug-likeness (QED) is 0.810. The summed E-state index contributed by atoms with van der Waals surface area (Å²) < 4.78 is 0. The van der Waals surface area contributed by atoms with Crippen molar-refractivity contribution >= 4 is 28.7 Å². The van der Waals surface area contributed by atoms with E-state index in [1.165, 1.54) is 11.3 Å². The molecule has 2 N–H and O–H groups in total. The average Bonchev–Trinajstić information content (AvgIpc) is 2.48. The summed E-state index contributed by atoms with van der Waals surface area (Å²) >= 11 is 7.20. The molecule has 1 rings (SSSR count). The third kappa shape index (κ3) is 2.80. The molecule has 0 bridgehead atoms. The molecule has 78 valence electrons. The summed E-state index contributed by atoms with van der Waals surface area (Å²) in [5, 5.41) is 2.32. The van der Waals surface area contributed by atoms with Crippen molar-refractivity contribution in [2.45, 2.75) is 26.3 Å². The first-order valence-corrected chi connectivity index (χ1v) is 5.81. The summed E-state index contributed by atoms with van der Waals surface area (Å²) in [7, 11) is 0. The summed E-state index contributed by atoms with van der Waals surface area (Å²) in [6.45, 7) is 4.09. The number of rotatable bonds is 4. The monoisotopic (exact) mass is 231 g/mol. The SMILES string of the molecule is CC(C)CC(N)C(=O)c1sccc1Cl. The van der Waals surface area contributed by atoms with Crippen molar-refractivity contribution in [1.29, 1.82) is 0 Å². The smallest absolute Gasteiger partial charge is 0.190 e. The van der Waals surface area contributed by atoms with Crippen molar-refractivity contribution < 1.29 is 4.79 Å². The molecule has 1 aromatic rings. The fourth-order valence-electron chi connectivity index (χ4n) is 1.25. The molecule has 0 saturated heterocycles. The van der Waals surface area contributed by atoms with E-state index < -0.39 is 6.04 Å². The van der Waals surface area contributed by atoms with Crippen molar-refractivity contribution in [3.63, 3.8) is 0 Å². The van der Waals surface area contributed by atoms with Crippen LogP contribution < -0.4 is 5.73 Å². The highest BCUT2D eigenvalue weighted by Crippen LogP contribution is 2.24. The molecule has 14 heavy (non-hydrogen) atoms. The molecule has 0 aromatic carbocycles. The van der Waals surface area contributed by atoms with E-state index in [1.54, 1.807) is 11.4 Å². The lowest BCUT2D eigenvalue weighted by Gasteiger charge is -2.11. The Morgan fingerprint density at radius 3 is 2.71 bits per heavy atom. The maximum atomic E-state index is 11.8. The van der Waals surface area contributed by atoms with Crippen LogP contribution in [-0.2, 0) is 0 Å². The molecule has 0 saturated carbocycles. The number of nitrogens with two attached hydrogens (primary N) is 1. The number of carbonyl (C=O) groups excluding carboxylic acids is 1. The van der Waals surface area contributed by atoms with Gasteiger partial charge < -0.3 is 5.73 Å². The first kappa shape index (κ1) is 11.7. The number of hydrogen-bond acceptors (Lipinski definition) is 3. The Morgan fingerprint density at radius 1 is 1.64 bits per heavy atom. The minimum Gasteiger partial charge on any atom is -0.321 e. The zero-order chi connectivity index (χ0) is 10.7. The van der Waals surface area contributed by atoms with Gasteiger partial charge in [0.05, 0.1) is 15.9 Å². The van der Waals surface area contributed by atoms with Crippen LogP contribution in [0.15, 0.2) is 11.4 Å². The first-order chi connectivity index (χ1) is 6.52. The topological polar surface area (TPSA) is 43.1 Å². The fourth-order valence-corrected chi connectivity index (χ4v) is 2.41. The van der Waals surface area contributed by atoms with Gasteiger partial charge in [-0.2, -0.15) is 0 Å². The highest BCUT2D eigenvalue weighted by molar-refractivity contribution is 7.12. The minimum absolute atomic E-state index is 0.0429. The van der Waals surface area contributed by atoms with Crippen LogP contribution in [0.2, 0.25) is 5.02 Å². The fraction of sp³-hybridized carbons (Fsp3) is 0.500. The molecule has 1 unspecified atom stereocenters. The van der Waals surface area contributed by atoms with Crippen LogP contribution in [0.1, 0.15) is 29.9 Å². The number of Topliss-reactive ketones (excluding diaryl/α,β-unsaturated/α-hetero) is 1. The van der Waals surface area contributed by atoms with Gasteiger partial charge in [-0.25, -0.2) is 0 Å². The lowest BCUT2D eigenvalue weighted by Crippen LogP contribution is -2.31. The van der Waals surface area contributed by atoms with Gasteiger partial charge in [-0.3, -0.25) is 4.79 Å². The number of carbonyl (C=O) groups is 1. The van der Waals surface area contributed by atoms with E-state index in [0.29, 0.717) is 22.2 Å². The van der Waals surface area contributed by atoms with Gasteiger partial charge in [-0.05, 0) is 23.8 Å². The van der Waals surface area contributed by atoms with Crippen molar-refractivity contribution in [1.82, 2.24) is 0 Å². The number of hydrogen-bond donors (Lipinski definition) is 1. The van der Waals surface area contributed by atoms with E-state index in [-0.39, 0.29) is 5.78 Å². The Hall–Kier alpha value is -0.380. The second kappa shape index (κ2) is 4.91. The predicted molar refractivity (Wildman–Crippen MR) is 61.1 cm³/mol. The van der Waals surface area contributed by atoms with Crippen LogP contribution in [0.5, 0.6) is 0 Å². The third-order valence-electron chi connectivity index (χ3n) is 1.90. The van der Waals surface area contributed by atoms with Crippen LogP contribution >= 0.6 is 22.9 Å². The molecule has 0 aliphatic rings. The Kier molecular flexibility index (Phi) is 4.11. The van der Waals surface area contributed by atoms with Gasteiger partial charge in [0.25, 0.3) is 0 Å². The van der Waals surface area contributed by atoms with E-state index in [4.69, 9.17) is 17.3 Å². The van der Waals surface area contributed by atoms with Gasteiger partial charge in [0, 0.05) is 0 Å². The Morgan fingerprint density at radius 2 is 2.29 bits per heavy atom. The van der Waals surface area contributed by atoms with Crippen molar-refractivity contribution in [2.75, 3.05) is 0 Å². The predicted octanol–water partition coefficient (Wildman–Crippen LogP) is 2.96. The van der Waals surface area contributed by atoms with Crippen LogP contribution in [0.4, 0.5) is 0 Å². The van der Waals surface area contributed by atoms with Crippen LogP contribution in [-0.4, -0.2) is 11.8 Å². The standard InChI is InChI=1S/C10H14ClNOS/c1-6(2)5-8(12)9(13)10-7(11)3-4-14-10/h3-4,6,8H,5,12H2,1-2H3. The zero-order valence-corrected chi connectivity index (χ0v) is 9.86. The Balaban J connectivity index is 2.71. The van der Waals surface area contributed by atoms with Gasteiger partial charge in [0.1, 0.15) is 0 Å². The molecule has 0 fully saturated rings. The molecule has 0 spiro atoms. The lowest BCUT2D eigenvalue weighted by atomic mass is 10.0. The lowest BCUT2D eigenvalue weighted by molar-refractivity contribution is 0.0955. The number of ketones is 1. The van der Waals surface area contributed by atoms with Crippen LogP contribution in [0, 0.1) is 5.92 Å². The summed E-state index contributed by atoms with van der Waals surface area (Å²) in [6, 6.07) is 1.30. The molecule has 0 radical (unpaired) electrons. The molecule has 1 atom stereocenters. The maximum Gasteiger partial charge on any atom is 0.190 e. The maximum absolute atomic E-state index is 11.8. The summed E-state index contributed by atoms with van der Waals surface area (Å²) in [5.74, 6) is 0.381. The molecule has 1 aromatic heterocycles. The first-order valence-electron chi connectivity index (χ1n) is 4.55. The molecule has 0 aliphatic heterocycles. The second-order valence-electron chi connectivity index (χ2n) is 3.70. The zero-order valence-electron chi connectivity index (χ0n) is 8.29. The Bertz CT molecular complexity index is 322. The molecule has 0 aliphatic carbocycles. The van der Waals surface area contributed by atoms with Crippen molar-refractivity contribution in [3.8, 4) is 0 Å². The highest BCUT2D eigenvalue weighted by Gasteiger charge is 2.20. The summed E-state index contributed by atoms with van der Waals surface area (Å²) in [4.78, 5) is 12.3. The van der Waals surface area contributed by atoms with Crippen LogP contribution in [0.3, 0.4) is 0 Å². The molecule has 1 heterocycles. The third-order valence-corrected chi connectivity index (χ3v) is 3.26. The second-order valence-corrected chi connectivity index (χ2v) is 5.02. The largest absolute Gasteiger partial charge is 0.321 e. The van der Waals surface area contributed by atoms with Crippen molar-refractivity contribution in [3.05, 3.63) is 21.3 Å². The van der Waals surface area contributed by atoms with Gasteiger partial charge in [-0.1, -0.05) is 25.4 Å². The Labute approximate surface area is 93.1 Å². The molecule has 2 nitrogen and oxygen atoms in total. The molecular weight excluding hydrogens is 218 g/mol. The van der Waals surface area contributed by atoms with Gasteiger partial charge >= 0.3 is 0 Å². The van der Waals surface area contributed by atoms with Gasteiger partial charge in [0.2, 0.25) is 0 Å². The molecule has 4 heteroatoms. The van der Waals surface area contributed by atoms with E-state index in [0.717, 1.165) is 0 Å².